The first-order valence-electron chi connectivity index (χ1n) is 9.31. The summed E-state index contributed by atoms with van der Waals surface area (Å²) in [6, 6.07) is 9.64. The second kappa shape index (κ2) is 9.23. The van der Waals surface area contributed by atoms with Crippen LogP contribution in [0.1, 0.15) is 28.4 Å². The quantitative estimate of drug-likeness (QED) is 0.585. The standard InChI is InChI=1S/C22H21FN4O3/c1-14(24-2)21(29)26-19-4-3-9-27(22(19)30)13-15-10-17(12-25-11-15)20(28)16-5-7-18(23)8-6-16/h3-12,14,24H,13H2,1-2H3,(H,26,29). The number of likely N-dealkylation sites (N-methyl/N-ethyl adjacent to an activating group) is 1. The van der Waals surface area contributed by atoms with Gasteiger partial charge in [-0.2, -0.15) is 0 Å². The van der Waals surface area contributed by atoms with Gasteiger partial charge in [-0.1, -0.05) is 0 Å². The first kappa shape index (κ1) is 21.1. The fourth-order valence-corrected chi connectivity index (χ4v) is 2.79. The number of aromatic nitrogens is 2. The van der Waals surface area contributed by atoms with Crippen molar-refractivity contribution in [2.75, 3.05) is 12.4 Å². The molecule has 1 amide bonds. The van der Waals surface area contributed by atoms with Crippen molar-refractivity contribution in [2.45, 2.75) is 19.5 Å². The maximum Gasteiger partial charge on any atom is 0.274 e. The molecule has 3 rings (SSSR count). The molecular formula is C22H21FN4O3. The number of halogens is 1. The van der Waals surface area contributed by atoms with Gasteiger partial charge in [0.25, 0.3) is 5.56 Å². The van der Waals surface area contributed by atoms with Crippen LogP contribution in [0.4, 0.5) is 10.1 Å². The Kier molecular flexibility index (Phi) is 6.48. The second-order valence-corrected chi connectivity index (χ2v) is 6.77. The van der Waals surface area contributed by atoms with Crippen LogP contribution in [0.5, 0.6) is 0 Å². The first-order chi connectivity index (χ1) is 14.4. The molecule has 2 N–H and O–H groups in total. The summed E-state index contributed by atoms with van der Waals surface area (Å²) in [6.45, 7) is 1.85. The zero-order chi connectivity index (χ0) is 21.7. The van der Waals surface area contributed by atoms with Crippen LogP contribution in [-0.4, -0.2) is 34.3 Å². The van der Waals surface area contributed by atoms with Crippen LogP contribution in [0.25, 0.3) is 0 Å². The summed E-state index contributed by atoms with van der Waals surface area (Å²) in [4.78, 5) is 41.4. The third-order valence-corrected chi connectivity index (χ3v) is 4.62. The van der Waals surface area contributed by atoms with E-state index in [1.807, 2.05) is 0 Å². The lowest BCUT2D eigenvalue weighted by Crippen LogP contribution is -2.37. The smallest absolute Gasteiger partial charge is 0.274 e. The minimum Gasteiger partial charge on any atom is -0.320 e. The van der Waals surface area contributed by atoms with Crippen molar-refractivity contribution < 1.29 is 14.0 Å². The Morgan fingerprint density at radius 2 is 1.87 bits per heavy atom. The summed E-state index contributed by atoms with van der Waals surface area (Å²) >= 11 is 0. The normalized spacial score (nSPS) is 11.7. The summed E-state index contributed by atoms with van der Waals surface area (Å²) < 4.78 is 14.5. The number of nitrogens with zero attached hydrogens (tertiary/aromatic N) is 2. The van der Waals surface area contributed by atoms with Gasteiger partial charge in [0, 0.05) is 29.7 Å². The molecule has 8 heteroatoms. The van der Waals surface area contributed by atoms with E-state index in [0.717, 1.165) is 0 Å². The minimum atomic E-state index is -0.448. The van der Waals surface area contributed by atoms with Crippen molar-refractivity contribution in [3.05, 3.63) is 93.9 Å². The summed E-state index contributed by atoms with van der Waals surface area (Å²) in [6.07, 6.45) is 4.57. The van der Waals surface area contributed by atoms with Crippen LogP contribution in [0.3, 0.4) is 0 Å². The number of hydrogen-bond acceptors (Lipinski definition) is 5. The van der Waals surface area contributed by atoms with E-state index in [0.29, 0.717) is 16.7 Å². The zero-order valence-electron chi connectivity index (χ0n) is 16.6. The minimum absolute atomic E-state index is 0.163. The molecule has 0 saturated carbocycles. The summed E-state index contributed by atoms with van der Waals surface area (Å²) in [5.41, 5.74) is 1.10. The third-order valence-electron chi connectivity index (χ3n) is 4.62. The number of ketones is 1. The lowest BCUT2D eigenvalue weighted by molar-refractivity contribution is -0.117. The van der Waals surface area contributed by atoms with Gasteiger partial charge in [-0.3, -0.25) is 19.4 Å². The molecule has 2 aromatic heterocycles. The molecule has 0 aliphatic heterocycles. The van der Waals surface area contributed by atoms with E-state index < -0.39 is 11.9 Å². The molecule has 1 aromatic carbocycles. The highest BCUT2D eigenvalue weighted by atomic mass is 19.1. The van der Waals surface area contributed by atoms with Gasteiger partial charge in [0.15, 0.2) is 5.78 Å². The van der Waals surface area contributed by atoms with Crippen molar-refractivity contribution in [3.63, 3.8) is 0 Å². The van der Waals surface area contributed by atoms with Crippen LogP contribution in [0, 0.1) is 5.82 Å². The van der Waals surface area contributed by atoms with E-state index in [-0.39, 0.29) is 29.5 Å². The Balaban J connectivity index is 1.82. The largest absolute Gasteiger partial charge is 0.320 e. The van der Waals surface area contributed by atoms with E-state index >= 15 is 0 Å². The number of benzene rings is 1. The van der Waals surface area contributed by atoms with E-state index in [2.05, 4.69) is 15.6 Å². The molecule has 154 valence electrons. The first-order valence-corrected chi connectivity index (χ1v) is 9.31. The van der Waals surface area contributed by atoms with Crippen molar-refractivity contribution in [1.29, 1.82) is 0 Å². The van der Waals surface area contributed by atoms with Crippen LogP contribution in [-0.2, 0) is 11.3 Å². The van der Waals surface area contributed by atoms with E-state index in [1.54, 1.807) is 38.5 Å². The SMILES string of the molecule is CNC(C)C(=O)Nc1cccn(Cc2cncc(C(=O)c3ccc(F)cc3)c2)c1=O. The van der Waals surface area contributed by atoms with Gasteiger partial charge in [-0.15, -0.1) is 0 Å². The predicted molar refractivity (Wildman–Crippen MR) is 111 cm³/mol. The zero-order valence-corrected chi connectivity index (χ0v) is 16.6. The number of rotatable bonds is 7. The highest BCUT2D eigenvalue weighted by Gasteiger charge is 2.14. The van der Waals surface area contributed by atoms with Gasteiger partial charge in [-0.25, -0.2) is 4.39 Å². The number of amides is 1. The van der Waals surface area contributed by atoms with Crippen molar-refractivity contribution in [2.24, 2.45) is 0 Å². The Bertz CT molecular complexity index is 1130. The Labute approximate surface area is 172 Å². The summed E-state index contributed by atoms with van der Waals surface area (Å²) in [7, 11) is 1.65. The number of pyridine rings is 2. The Morgan fingerprint density at radius 3 is 2.57 bits per heavy atom. The molecule has 2 heterocycles. The summed E-state index contributed by atoms with van der Waals surface area (Å²) in [5, 5.41) is 5.42. The molecule has 1 atom stereocenters. The monoisotopic (exact) mass is 408 g/mol. The van der Waals surface area contributed by atoms with Gasteiger partial charge in [0.2, 0.25) is 5.91 Å². The molecule has 0 fully saturated rings. The molecular weight excluding hydrogens is 387 g/mol. The maximum absolute atomic E-state index is 13.1. The lowest BCUT2D eigenvalue weighted by Gasteiger charge is -2.12. The van der Waals surface area contributed by atoms with Crippen LogP contribution >= 0.6 is 0 Å². The molecule has 0 radical (unpaired) electrons. The van der Waals surface area contributed by atoms with E-state index in [9.17, 15) is 18.8 Å². The van der Waals surface area contributed by atoms with Gasteiger partial charge >= 0.3 is 0 Å². The fraction of sp³-hybridized carbons (Fsp3) is 0.182. The van der Waals surface area contributed by atoms with Crippen LogP contribution in [0.15, 0.2) is 65.8 Å². The third kappa shape index (κ3) is 4.84. The highest BCUT2D eigenvalue weighted by Crippen LogP contribution is 2.12. The van der Waals surface area contributed by atoms with Crippen molar-refractivity contribution in [3.8, 4) is 0 Å². The number of anilines is 1. The molecule has 3 aromatic rings. The average Bonchev–Trinajstić information content (AvgIpc) is 2.76. The van der Waals surface area contributed by atoms with Crippen molar-refractivity contribution in [1.82, 2.24) is 14.9 Å². The Hall–Kier alpha value is -3.65. The number of hydrogen-bond donors (Lipinski definition) is 2. The van der Waals surface area contributed by atoms with Gasteiger partial charge in [-0.05, 0) is 62.0 Å². The number of nitrogens with one attached hydrogen (secondary N) is 2. The molecule has 0 aliphatic carbocycles. The maximum atomic E-state index is 13.1. The van der Waals surface area contributed by atoms with E-state index in [4.69, 9.17) is 0 Å². The van der Waals surface area contributed by atoms with Crippen LogP contribution in [0.2, 0.25) is 0 Å². The number of carbonyl (C=O) groups excluding carboxylic acids is 2. The average molecular weight is 408 g/mol. The van der Waals surface area contributed by atoms with Gasteiger partial charge < -0.3 is 15.2 Å². The highest BCUT2D eigenvalue weighted by molar-refractivity contribution is 6.08. The second-order valence-electron chi connectivity index (χ2n) is 6.77. The summed E-state index contributed by atoms with van der Waals surface area (Å²) in [5.74, 6) is -1.03. The molecule has 30 heavy (non-hydrogen) atoms. The molecule has 0 saturated heterocycles. The van der Waals surface area contributed by atoms with Gasteiger partial charge in [0.05, 0.1) is 12.6 Å². The topological polar surface area (TPSA) is 93.1 Å². The Morgan fingerprint density at radius 1 is 1.13 bits per heavy atom. The van der Waals surface area contributed by atoms with Crippen molar-refractivity contribution >= 4 is 17.4 Å². The molecule has 0 bridgehead atoms. The fourth-order valence-electron chi connectivity index (χ4n) is 2.79. The predicted octanol–water partition coefficient (Wildman–Crippen LogP) is 2.21. The molecule has 0 aliphatic rings. The molecule has 0 spiro atoms. The lowest BCUT2D eigenvalue weighted by atomic mass is 10.0. The van der Waals surface area contributed by atoms with E-state index in [1.165, 1.54) is 41.1 Å². The van der Waals surface area contributed by atoms with Crippen LogP contribution < -0.4 is 16.2 Å². The molecule has 1 unspecified atom stereocenters. The number of carbonyl (C=O) groups is 2. The van der Waals surface area contributed by atoms with Gasteiger partial charge in [0.1, 0.15) is 11.5 Å². The molecule has 7 nitrogen and oxygen atoms in total.